The Morgan fingerprint density at radius 2 is 1.21 bits per heavy atom. The van der Waals surface area contributed by atoms with Gasteiger partial charge in [-0.1, -0.05) is 111 Å². The summed E-state index contributed by atoms with van der Waals surface area (Å²) in [5.74, 6) is 0. The van der Waals surface area contributed by atoms with E-state index < -0.39 is 0 Å². The van der Waals surface area contributed by atoms with Crippen LogP contribution in [0.2, 0.25) is 17.3 Å². The average molecular weight is 355 g/mol. The van der Waals surface area contributed by atoms with E-state index in [1.54, 1.807) is 17.5 Å². The van der Waals surface area contributed by atoms with Gasteiger partial charge in [-0.15, -0.1) is 0 Å². The summed E-state index contributed by atoms with van der Waals surface area (Å²) in [7, 11) is 0.230. The third-order valence-electron chi connectivity index (χ3n) is 5.06. The molecule has 130 valence electrons. The molecule has 0 aliphatic carbocycles. The van der Waals surface area contributed by atoms with Crippen LogP contribution in [0.3, 0.4) is 0 Å². The third-order valence-corrected chi connectivity index (χ3v) is 11.5. The molecule has 0 aromatic heterocycles. The number of unbranched alkanes of at least 4 members (excludes halogenated alkanes) is 2. The monoisotopic (exact) mass is 354 g/mol. The summed E-state index contributed by atoms with van der Waals surface area (Å²) >= 11 is 0. The van der Waals surface area contributed by atoms with Gasteiger partial charge < -0.3 is 0 Å². The molecule has 0 spiro atoms. The number of benzene rings is 2. The van der Waals surface area contributed by atoms with Crippen molar-refractivity contribution < 1.29 is 0 Å². The number of aryl methyl sites for hydroxylation is 2. The standard InChI is InChI=1S/C22H34Si2/c1-2-3-6-15-22(23-18-16-20-11-7-4-8-12-20)24-19-17-21-13-9-5-10-14-21/h4-5,7-14,22H,2-3,6,15-19,23-24H2,1H3. The molecule has 0 nitrogen and oxygen atoms in total. The molecule has 0 atom stereocenters. The largest absolute Gasteiger partial charge is 0.0654 e. The number of hydrogen-bond acceptors (Lipinski definition) is 0. The van der Waals surface area contributed by atoms with E-state index in [2.05, 4.69) is 67.6 Å². The van der Waals surface area contributed by atoms with Crippen molar-refractivity contribution >= 4 is 19.0 Å². The summed E-state index contributed by atoms with van der Waals surface area (Å²) in [4.78, 5) is 0. The third kappa shape index (κ3) is 8.12. The molecule has 2 aromatic carbocycles. The van der Waals surface area contributed by atoms with Crippen LogP contribution in [-0.4, -0.2) is 19.0 Å². The Hall–Kier alpha value is -1.13. The minimum atomic E-state index is 0.115. The van der Waals surface area contributed by atoms with Gasteiger partial charge in [-0.2, -0.15) is 0 Å². The van der Waals surface area contributed by atoms with Gasteiger partial charge >= 0.3 is 0 Å². The highest BCUT2D eigenvalue weighted by Crippen LogP contribution is 2.18. The highest BCUT2D eigenvalue weighted by atomic mass is 28.3. The molecule has 0 bridgehead atoms. The van der Waals surface area contributed by atoms with Crippen LogP contribution >= 0.6 is 0 Å². The van der Waals surface area contributed by atoms with Gasteiger partial charge in [0.25, 0.3) is 0 Å². The first kappa shape index (κ1) is 19.2. The van der Waals surface area contributed by atoms with Crippen molar-refractivity contribution in [1.82, 2.24) is 0 Å². The molecule has 0 saturated heterocycles. The van der Waals surface area contributed by atoms with E-state index in [9.17, 15) is 0 Å². The molecule has 0 amide bonds. The summed E-state index contributed by atoms with van der Waals surface area (Å²) in [5.41, 5.74) is 3.09. The van der Waals surface area contributed by atoms with Gasteiger partial charge in [-0.05, 0) is 24.0 Å². The van der Waals surface area contributed by atoms with E-state index in [1.165, 1.54) is 49.4 Å². The van der Waals surface area contributed by atoms with Crippen LogP contribution < -0.4 is 0 Å². The van der Waals surface area contributed by atoms with E-state index in [-0.39, 0.29) is 19.0 Å². The Morgan fingerprint density at radius 1 is 0.708 bits per heavy atom. The molecule has 24 heavy (non-hydrogen) atoms. The Labute approximate surface area is 153 Å². The van der Waals surface area contributed by atoms with Gasteiger partial charge in [0.15, 0.2) is 0 Å². The molecule has 0 unspecified atom stereocenters. The molecule has 0 aliphatic rings. The maximum atomic E-state index is 2.33. The highest BCUT2D eigenvalue weighted by molar-refractivity contribution is 6.58. The van der Waals surface area contributed by atoms with Crippen LogP contribution in [0.15, 0.2) is 60.7 Å². The van der Waals surface area contributed by atoms with Crippen LogP contribution in [0.25, 0.3) is 0 Å². The SMILES string of the molecule is CCCCCC([SiH2]CCc1ccccc1)[SiH2]CCc1ccccc1. The zero-order chi connectivity index (χ0) is 16.9. The maximum absolute atomic E-state index is 2.33. The normalized spacial score (nSPS) is 13.2. The molecule has 0 radical (unpaired) electrons. The van der Waals surface area contributed by atoms with E-state index in [1.807, 2.05) is 0 Å². The van der Waals surface area contributed by atoms with E-state index >= 15 is 0 Å². The Balaban J connectivity index is 1.71. The molecule has 2 rings (SSSR count). The second-order valence-electron chi connectivity index (χ2n) is 7.12. The molecular formula is C22H34Si2. The average Bonchev–Trinajstić information content (AvgIpc) is 2.63. The topological polar surface area (TPSA) is 0 Å². The van der Waals surface area contributed by atoms with Crippen molar-refractivity contribution in [2.45, 2.75) is 62.7 Å². The van der Waals surface area contributed by atoms with Crippen LogP contribution in [0, 0.1) is 0 Å². The molecule has 0 heterocycles. The summed E-state index contributed by atoms with van der Waals surface area (Å²) in [5, 5.41) is 1.20. The van der Waals surface area contributed by atoms with Gasteiger partial charge in [-0.3, -0.25) is 0 Å². The first-order chi connectivity index (χ1) is 11.9. The van der Waals surface area contributed by atoms with Crippen LogP contribution in [0.5, 0.6) is 0 Å². The van der Waals surface area contributed by atoms with E-state index in [0.29, 0.717) is 0 Å². The molecule has 0 N–H and O–H groups in total. The second-order valence-corrected chi connectivity index (χ2v) is 13.2. The minimum absolute atomic E-state index is 0.115. The first-order valence-corrected chi connectivity index (χ1v) is 13.6. The number of hydrogen-bond donors (Lipinski definition) is 0. The zero-order valence-electron chi connectivity index (χ0n) is 15.4. The lowest BCUT2D eigenvalue weighted by molar-refractivity contribution is 0.684. The molecule has 2 heteroatoms. The fourth-order valence-electron chi connectivity index (χ4n) is 3.60. The van der Waals surface area contributed by atoms with Gasteiger partial charge in [0.1, 0.15) is 0 Å². The molecule has 2 aromatic rings. The van der Waals surface area contributed by atoms with Gasteiger partial charge in [0.05, 0.1) is 0 Å². The second kappa shape index (κ2) is 12.3. The lowest BCUT2D eigenvalue weighted by Crippen LogP contribution is -2.13. The van der Waals surface area contributed by atoms with Crippen LogP contribution in [-0.2, 0) is 12.8 Å². The Bertz CT molecular complexity index is 479. The predicted molar refractivity (Wildman–Crippen MR) is 115 cm³/mol. The van der Waals surface area contributed by atoms with Crippen LogP contribution in [0.4, 0.5) is 0 Å². The van der Waals surface area contributed by atoms with E-state index in [4.69, 9.17) is 0 Å². The quantitative estimate of drug-likeness (QED) is 0.373. The van der Waals surface area contributed by atoms with E-state index in [0.717, 1.165) is 0 Å². The lowest BCUT2D eigenvalue weighted by Gasteiger charge is -2.16. The molecule has 0 saturated carbocycles. The fourth-order valence-corrected chi connectivity index (χ4v) is 10.0. The van der Waals surface area contributed by atoms with Crippen molar-refractivity contribution in [3.05, 3.63) is 71.8 Å². The Morgan fingerprint density at radius 3 is 1.67 bits per heavy atom. The Kier molecular flexibility index (Phi) is 9.81. The lowest BCUT2D eigenvalue weighted by atomic mass is 10.2. The van der Waals surface area contributed by atoms with Crippen molar-refractivity contribution in [2.24, 2.45) is 0 Å². The summed E-state index contributed by atoms with van der Waals surface area (Å²) in [6.07, 6.45) is 8.49. The molecular weight excluding hydrogens is 320 g/mol. The first-order valence-electron chi connectivity index (χ1n) is 9.96. The number of rotatable bonds is 12. The summed E-state index contributed by atoms with van der Waals surface area (Å²) in [6, 6.07) is 25.2. The molecule has 0 fully saturated rings. The smallest absolute Gasteiger partial charge is 0.0200 e. The fraction of sp³-hybridized carbons (Fsp3) is 0.455. The summed E-state index contributed by atoms with van der Waals surface area (Å²) in [6.45, 7) is 2.33. The molecule has 0 aliphatic heterocycles. The maximum Gasteiger partial charge on any atom is 0.0200 e. The van der Waals surface area contributed by atoms with Gasteiger partial charge in [0.2, 0.25) is 0 Å². The van der Waals surface area contributed by atoms with Gasteiger partial charge in [-0.25, -0.2) is 0 Å². The highest BCUT2D eigenvalue weighted by Gasteiger charge is 2.10. The van der Waals surface area contributed by atoms with Crippen molar-refractivity contribution in [1.29, 1.82) is 0 Å². The van der Waals surface area contributed by atoms with Crippen molar-refractivity contribution in [2.75, 3.05) is 0 Å². The summed E-state index contributed by atoms with van der Waals surface area (Å²) < 4.78 is 0. The van der Waals surface area contributed by atoms with Crippen molar-refractivity contribution in [3.8, 4) is 0 Å². The van der Waals surface area contributed by atoms with Gasteiger partial charge in [0, 0.05) is 19.0 Å². The van der Waals surface area contributed by atoms with Crippen molar-refractivity contribution in [3.63, 3.8) is 0 Å². The predicted octanol–water partition coefficient (Wildman–Crippen LogP) is 4.97. The minimum Gasteiger partial charge on any atom is -0.0654 e. The zero-order valence-corrected chi connectivity index (χ0v) is 18.3. The van der Waals surface area contributed by atoms with Crippen LogP contribution in [0.1, 0.15) is 43.7 Å².